The van der Waals surface area contributed by atoms with E-state index in [4.69, 9.17) is 0 Å². The van der Waals surface area contributed by atoms with Crippen molar-refractivity contribution in [3.8, 4) is 0 Å². The molecule has 2 nitrogen and oxygen atoms in total. The number of aromatic nitrogens is 1. The van der Waals surface area contributed by atoms with Gasteiger partial charge >= 0.3 is 0 Å². The SMILES string of the molecule is CC.CC(=O)c1csc(C)n1. The molecule has 0 aliphatic carbocycles. The molecular weight excluding hydrogens is 158 g/mol. The highest BCUT2D eigenvalue weighted by Crippen LogP contribution is 2.07. The molecule has 0 aromatic carbocycles. The number of carbonyl (C=O) groups is 1. The molecule has 0 saturated heterocycles. The molecule has 0 aliphatic rings. The monoisotopic (exact) mass is 171 g/mol. The highest BCUT2D eigenvalue weighted by molar-refractivity contribution is 7.09. The van der Waals surface area contributed by atoms with Crippen LogP contribution in [0.15, 0.2) is 5.38 Å². The molecule has 0 fully saturated rings. The molecule has 0 saturated carbocycles. The first-order valence-electron chi connectivity index (χ1n) is 3.63. The number of hydrogen-bond acceptors (Lipinski definition) is 3. The van der Waals surface area contributed by atoms with Crippen molar-refractivity contribution >= 4 is 17.1 Å². The summed E-state index contributed by atoms with van der Waals surface area (Å²) in [6.45, 7) is 7.41. The van der Waals surface area contributed by atoms with Gasteiger partial charge < -0.3 is 0 Å². The first-order valence-corrected chi connectivity index (χ1v) is 4.51. The van der Waals surface area contributed by atoms with Crippen molar-refractivity contribution < 1.29 is 4.79 Å². The molecule has 11 heavy (non-hydrogen) atoms. The number of nitrogens with zero attached hydrogens (tertiary/aromatic N) is 1. The minimum absolute atomic E-state index is 0.0411. The summed E-state index contributed by atoms with van der Waals surface area (Å²) in [5.74, 6) is 0.0411. The first-order chi connectivity index (χ1) is 5.20. The van der Waals surface area contributed by atoms with Crippen LogP contribution in [0.25, 0.3) is 0 Å². The van der Waals surface area contributed by atoms with Gasteiger partial charge in [-0.15, -0.1) is 11.3 Å². The van der Waals surface area contributed by atoms with E-state index in [1.807, 2.05) is 20.8 Å². The van der Waals surface area contributed by atoms with Crippen LogP contribution in [0.3, 0.4) is 0 Å². The normalized spacial score (nSPS) is 8.36. The van der Waals surface area contributed by atoms with Gasteiger partial charge in [0.15, 0.2) is 5.78 Å². The fourth-order valence-electron chi connectivity index (χ4n) is 0.525. The number of thiazole rings is 1. The predicted octanol–water partition coefficient (Wildman–Crippen LogP) is 2.68. The molecule has 0 N–H and O–H groups in total. The Hall–Kier alpha value is -0.700. The van der Waals surface area contributed by atoms with E-state index in [-0.39, 0.29) is 5.78 Å². The second kappa shape index (κ2) is 5.02. The third-order valence-electron chi connectivity index (χ3n) is 0.980. The lowest BCUT2D eigenvalue weighted by molar-refractivity contribution is 0.101. The molecule has 3 heteroatoms. The van der Waals surface area contributed by atoms with Gasteiger partial charge in [-0.3, -0.25) is 4.79 Å². The molecule has 0 bridgehead atoms. The number of Topliss-reactive ketones (excluding diaryl/α,β-unsaturated/α-hetero) is 1. The Labute approximate surface area is 71.3 Å². The number of rotatable bonds is 1. The Bertz CT molecular complexity index is 230. The number of carbonyl (C=O) groups excluding carboxylic acids is 1. The lowest BCUT2D eigenvalue weighted by Crippen LogP contribution is -1.90. The molecule has 1 aromatic rings. The van der Waals surface area contributed by atoms with Crippen molar-refractivity contribution in [3.63, 3.8) is 0 Å². The van der Waals surface area contributed by atoms with Crippen LogP contribution in [0.2, 0.25) is 0 Å². The van der Waals surface area contributed by atoms with Gasteiger partial charge in [-0.2, -0.15) is 0 Å². The van der Waals surface area contributed by atoms with E-state index >= 15 is 0 Å². The van der Waals surface area contributed by atoms with Crippen LogP contribution in [0.1, 0.15) is 36.3 Å². The minimum atomic E-state index is 0.0411. The van der Waals surface area contributed by atoms with Crippen LogP contribution < -0.4 is 0 Å². The Morgan fingerprint density at radius 2 is 2.09 bits per heavy atom. The Morgan fingerprint density at radius 1 is 1.55 bits per heavy atom. The zero-order chi connectivity index (χ0) is 8.85. The van der Waals surface area contributed by atoms with Crippen LogP contribution in [0, 0.1) is 6.92 Å². The maximum absolute atomic E-state index is 10.6. The Balaban J connectivity index is 0.000000461. The summed E-state index contributed by atoms with van der Waals surface area (Å²) in [5.41, 5.74) is 0.581. The zero-order valence-electron chi connectivity index (χ0n) is 7.34. The number of ketones is 1. The molecule has 62 valence electrons. The first kappa shape index (κ1) is 10.3. The van der Waals surface area contributed by atoms with Crippen LogP contribution >= 0.6 is 11.3 Å². The molecule has 0 amide bonds. The maximum Gasteiger partial charge on any atom is 0.178 e. The smallest absolute Gasteiger partial charge is 0.178 e. The summed E-state index contributed by atoms with van der Waals surface area (Å²) >= 11 is 1.50. The Kier molecular flexibility index (Phi) is 4.70. The molecule has 1 aromatic heterocycles. The van der Waals surface area contributed by atoms with Crippen molar-refractivity contribution in [2.45, 2.75) is 27.7 Å². The summed E-state index contributed by atoms with van der Waals surface area (Å²) in [6, 6.07) is 0. The van der Waals surface area contributed by atoms with Crippen LogP contribution in [-0.4, -0.2) is 10.8 Å². The molecule has 0 atom stereocenters. The second-order valence-electron chi connectivity index (χ2n) is 1.81. The summed E-state index contributed by atoms with van der Waals surface area (Å²) < 4.78 is 0. The highest BCUT2D eigenvalue weighted by atomic mass is 32.1. The fraction of sp³-hybridized carbons (Fsp3) is 0.500. The van der Waals surface area contributed by atoms with Gasteiger partial charge in [-0.1, -0.05) is 13.8 Å². The molecule has 1 rings (SSSR count). The van der Waals surface area contributed by atoms with E-state index in [1.165, 1.54) is 18.3 Å². The maximum atomic E-state index is 10.6. The van der Waals surface area contributed by atoms with Crippen molar-refractivity contribution in [3.05, 3.63) is 16.1 Å². The molecule has 0 aliphatic heterocycles. The third kappa shape index (κ3) is 3.28. The van der Waals surface area contributed by atoms with E-state index in [2.05, 4.69) is 4.98 Å². The van der Waals surface area contributed by atoms with Crippen LogP contribution in [-0.2, 0) is 0 Å². The fourth-order valence-corrected chi connectivity index (χ4v) is 1.18. The predicted molar refractivity (Wildman–Crippen MR) is 48.2 cm³/mol. The molecule has 0 radical (unpaired) electrons. The van der Waals surface area contributed by atoms with Crippen molar-refractivity contribution in [1.82, 2.24) is 4.98 Å². The second-order valence-corrected chi connectivity index (χ2v) is 2.87. The average molecular weight is 171 g/mol. The lowest BCUT2D eigenvalue weighted by Gasteiger charge is -1.80. The summed E-state index contributed by atoms with van der Waals surface area (Å²) in [6.07, 6.45) is 0. The van der Waals surface area contributed by atoms with Gasteiger partial charge in [0.1, 0.15) is 5.69 Å². The number of hydrogen-bond donors (Lipinski definition) is 0. The number of aryl methyl sites for hydroxylation is 1. The van der Waals surface area contributed by atoms with E-state index in [9.17, 15) is 4.79 Å². The van der Waals surface area contributed by atoms with Gasteiger partial charge in [0, 0.05) is 12.3 Å². The molecule has 1 heterocycles. The van der Waals surface area contributed by atoms with Crippen LogP contribution in [0.4, 0.5) is 0 Å². The summed E-state index contributed by atoms with van der Waals surface area (Å²) in [7, 11) is 0. The largest absolute Gasteiger partial charge is 0.293 e. The standard InChI is InChI=1S/C6H7NOS.C2H6/c1-4(8)6-3-9-5(2)7-6;1-2/h3H,1-2H3;1-2H3. The highest BCUT2D eigenvalue weighted by Gasteiger charge is 2.00. The lowest BCUT2D eigenvalue weighted by atomic mass is 10.4. The zero-order valence-corrected chi connectivity index (χ0v) is 8.16. The third-order valence-corrected chi connectivity index (χ3v) is 1.75. The summed E-state index contributed by atoms with van der Waals surface area (Å²) in [5, 5.41) is 2.72. The van der Waals surface area contributed by atoms with E-state index in [1.54, 1.807) is 5.38 Å². The van der Waals surface area contributed by atoms with Gasteiger partial charge in [-0.25, -0.2) is 4.98 Å². The molecular formula is C8H13NOS. The molecule has 0 spiro atoms. The van der Waals surface area contributed by atoms with Gasteiger partial charge in [0.25, 0.3) is 0 Å². The topological polar surface area (TPSA) is 30.0 Å². The van der Waals surface area contributed by atoms with Gasteiger partial charge in [0.2, 0.25) is 0 Å². The Morgan fingerprint density at radius 3 is 2.27 bits per heavy atom. The van der Waals surface area contributed by atoms with Gasteiger partial charge in [0.05, 0.1) is 5.01 Å². The minimum Gasteiger partial charge on any atom is -0.293 e. The van der Waals surface area contributed by atoms with E-state index in [0.717, 1.165) is 5.01 Å². The van der Waals surface area contributed by atoms with E-state index < -0.39 is 0 Å². The van der Waals surface area contributed by atoms with Crippen molar-refractivity contribution in [1.29, 1.82) is 0 Å². The van der Waals surface area contributed by atoms with Gasteiger partial charge in [-0.05, 0) is 6.92 Å². The van der Waals surface area contributed by atoms with Crippen molar-refractivity contribution in [2.24, 2.45) is 0 Å². The quantitative estimate of drug-likeness (QED) is 0.608. The summed E-state index contributed by atoms with van der Waals surface area (Å²) in [4.78, 5) is 14.6. The van der Waals surface area contributed by atoms with E-state index in [0.29, 0.717) is 5.69 Å². The van der Waals surface area contributed by atoms with Crippen molar-refractivity contribution in [2.75, 3.05) is 0 Å². The molecule has 0 unspecified atom stereocenters. The average Bonchev–Trinajstić information content (AvgIpc) is 2.40. The van der Waals surface area contributed by atoms with Crippen LogP contribution in [0.5, 0.6) is 0 Å².